The minimum Gasteiger partial charge on any atom is -0.486 e. The molecule has 2 N–H and O–H groups in total. The van der Waals surface area contributed by atoms with Gasteiger partial charge < -0.3 is 20.1 Å². The second-order valence-electron chi connectivity index (χ2n) is 5.37. The summed E-state index contributed by atoms with van der Waals surface area (Å²) in [6, 6.07) is 11.2. The number of fused-ring (bicyclic) bond motifs is 1. The number of para-hydroxylation sites is 1. The van der Waals surface area contributed by atoms with Crippen LogP contribution in [0.4, 0.5) is 5.69 Å². The molecule has 1 amide bonds. The minimum absolute atomic E-state index is 0. The van der Waals surface area contributed by atoms with Gasteiger partial charge in [-0.1, -0.05) is 25.1 Å². The standard InChI is InChI=1S/C18H19BrN2O3.ClH/c1-2-20-11-12-5-3-4-6-15(12)21-18(22)13-9-14(19)17-16(10-13)23-7-8-24-17;/h3-6,9-10,20H,2,7-8,11H2,1H3,(H,21,22);1H. The lowest BCUT2D eigenvalue weighted by Crippen LogP contribution is -2.19. The third-order valence-corrected chi connectivity index (χ3v) is 4.28. The average molecular weight is 428 g/mol. The van der Waals surface area contributed by atoms with E-state index >= 15 is 0 Å². The molecule has 1 aliphatic heterocycles. The summed E-state index contributed by atoms with van der Waals surface area (Å²) in [5, 5.41) is 6.25. The van der Waals surface area contributed by atoms with Gasteiger partial charge in [0.25, 0.3) is 5.91 Å². The van der Waals surface area contributed by atoms with Crippen LogP contribution in [0.15, 0.2) is 40.9 Å². The maximum absolute atomic E-state index is 12.6. The van der Waals surface area contributed by atoms with Gasteiger partial charge in [-0.2, -0.15) is 0 Å². The van der Waals surface area contributed by atoms with Crippen molar-refractivity contribution in [3.05, 3.63) is 52.0 Å². The Morgan fingerprint density at radius 2 is 1.96 bits per heavy atom. The van der Waals surface area contributed by atoms with Gasteiger partial charge in [-0.15, -0.1) is 12.4 Å². The summed E-state index contributed by atoms with van der Waals surface area (Å²) < 4.78 is 11.8. The maximum atomic E-state index is 12.6. The molecule has 0 radical (unpaired) electrons. The molecule has 2 aromatic rings. The largest absolute Gasteiger partial charge is 0.486 e. The fourth-order valence-corrected chi connectivity index (χ4v) is 3.05. The third-order valence-electron chi connectivity index (χ3n) is 3.69. The average Bonchev–Trinajstić information content (AvgIpc) is 2.61. The first-order chi connectivity index (χ1) is 11.7. The highest BCUT2D eigenvalue weighted by molar-refractivity contribution is 9.10. The second kappa shape index (κ2) is 9.08. The van der Waals surface area contributed by atoms with Gasteiger partial charge in [-0.25, -0.2) is 0 Å². The predicted octanol–water partition coefficient (Wildman–Crippen LogP) is 4.00. The van der Waals surface area contributed by atoms with Gasteiger partial charge in [0, 0.05) is 17.8 Å². The number of hydrogen-bond donors (Lipinski definition) is 2. The van der Waals surface area contributed by atoms with Gasteiger partial charge in [-0.3, -0.25) is 4.79 Å². The van der Waals surface area contributed by atoms with E-state index in [4.69, 9.17) is 9.47 Å². The van der Waals surface area contributed by atoms with Crippen LogP contribution in [0.25, 0.3) is 0 Å². The maximum Gasteiger partial charge on any atom is 0.255 e. The summed E-state index contributed by atoms with van der Waals surface area (Å²) in [5.74, 6) is 1.05. The highest BCUT2D eigenvalue weighted by atomic mass is 79.9. The highest BCUT2D eigenvalue weighted by Crippen LogP contribution is 2.38. The fourth-order valence-electron chi connectivity index (χ4n) is 2.49. The van der Waals surface area contributed by atoms with Crippen LogP contribution in [-0.4, -0.2) is 25.7 Å². The molecule has 0 saturated carbocycles. The lowest BCUT2D eigenvalue weighted by Gasteiger charge is -2.20. The number of amides is 1. The Morgan fingerprint density at radius 1 is 1.20 bits per heavy atom. The summed E-state index contributed by atoms with van der Waals surface area (Å²) in [6.07, 6.45) is 0. The van der Waals surface area contributed by atoms with Crippen molar-refractivity contribution in [1.29, 1.82) is 0 Å². The number of anilines is 1. The molecule has 0 unspecified atom stereocenters. The van der Waals surface area contributed by atoms with Crippen LogP contribution < -0.4 is 20.1 Å². The monoisotopic (exact) mass is 426 g/mol. The highest BCUT2D eigenvalue weighted by Gasteiger charge is 2.19. The molecule has 1 heterocycles. The second-order valence-corrected chi connectivity index (χ2v) is 6.23. The van der Waals surface area contributed by atoms with Gasteiger partial charge in [0.2, 0.25) is 0 Å². The van der Waals surface area contributed by atoms with Crippen molar-refractivity contribution in [3.63, 3.8) is 0 Å². The van der Waals surface area contributed by atoms with Crippen LogP contribution in [-0.2, 0) is 6.54 Å². The van der Waals surface area contributed by atoms with E-state index < -0.39 is 0 Å². The predicted molar refractivity (Wildman–Crippen MR) is 104 cm³/mol. The molecule has 0 bridgehead atoms. The Kier molecular flexibility index (Phi) is 7.11. The van der Waals surface area contributed by atoms with Crippen LogP contribution in [0.1, 0.15) is 22.8 Å². The van der Waals surface area contributed by atoms with Crippen LogP contribution in [0.3, 0.4) is 0 Å². The lowest BCUT2D eigenvalue weighted by molar-refractivity contribution is 0.102. The molecule has 0 aliphatic carbocycles. The Bertz CT molecular complexity index is 755. The van der Waals surface area contributed by atoms with E-state index in [-0.39, 0.29) is 18.3 Å². The van der Waals surface area contributed by atoms with E-state index in [1.54, 1.807) is 12.1 Å². The van der Waals surface area contributed by atoms with Crippen molar-refractivity contribution in [2.24, 2.45) is 0 Å². The van der Waals surface area contributed by atoms with E-state index in [2.05, 4.69) is 26.6 Å². The number of hydrogen-bond acceptors (Lipinski definition) is 4. The zero-order chi connectivity index (χ0) is 16.9. The van der Waals surface area contributed by atoms with Crippen LogP contribution in [0, 0.1) is 0 Å². The van der Waals surface area contributed by atoms with Crippen molar-refractivity contribution in [3.8, 4) is 11.5 Å². The van der Waals surface area contributed by atoms with Crippen molar-refractivity contribution in [2.75, 3.05) is 25.1 Å². The van der Waals surface area contributed by atoms with Crippen LogP contribution in [0.2, 0.25) is 0 Å². The fraction of sp³-hybridized carbons (Fsp3) is 0.278. The number of ether oxygens (including phenoxy) is 2. The molecule has 0 fully saturated rings. The first-order valence-electron chi connectivity index (χ1n) is 7.88. The summed E-state index contributed by atoms with van der Waals surface area (Å²) in [5.41, 5.74) is 2.36. The molecular weight excluding hydrogens is 408 g/mol. The van der Waals surface area contributed by atoms with Crippen molar-refractivity contribution < 1.29 is 14.3 Å². The number of rotatable bonds is 5. The normalized spacial score (nSPS) is 12.2. The van der Waals surface area contributed by atoms with Crippen molar-refractivity contribution >= 4 is 39.9 Å². The first kappa shape index (κ1) is 19.6. The number of carbonyl (C=O) groups is 1. The van der Waals surface area contributed by atoms with E-state index in [1.165, 1.54) is 0 Å². The molecular formula is C18H20BrClN2O3. The molecule has 0 spiro atoms. The van der Waals surface area contributed by atoms with Crippen molar-refractivity contribution in [1.82, 2.24) is 5.32 Å². The number of carbonyl (C=O) groups excluding carboxylic acids is 1. The SMILES string of the molecule is CCNCc1ccccc1NC(=O)c1cc(Br)c2c(c1)OCCO2.Cl. The Hall–Kier alpha value is -1.76. The molecule has 7 heteroatoms. The van der Waals surface area contributed by atoms with Gasteiger partial charge >= 0.3 is 0 Å². The van der Waals surface area contributed by atoms with E-state index in [0.717, 1.165) is 17.8 Å². The first-order valence-corrected chi connectivity index (χ1v) is 8.67. The van der Waals surface area contributed by atoms with Gasteiger partial charge in [0.05, 0.1) is 4.47 Å². The summed E-state index contributed by atoms with van der Waals surface area (Å²) in [7, 11) is 0. The molecule has 3 rings (SSSR count). The number of nitrogens with one attached hydrogen (secondary N) is 2. The molecule has 0 saturated heterocycles. The molecule has 0 atom stereocenters. The van der Waals surface area contributed by atoms with E-state index in [1.807, 2.05) is 31.2 Å². The molecule has 0 aromatic heterocycles. The molecule has 2 aromatic carbocycles. The molecule has 134 valence electrons. The Labute approximate surface area is 161 Å². The van der Waals surface area contributed by atoms with E-state index in [9.17, 15) is 4.79 Å². The van der Waals surface area contributed by atoms with E-state index in [0.29, 0.717) is 41.3 Å². The quantitative estimate of drug-likeness (QED) is 0.757. The smallest absolute Gasteiger partial charge is 0.255 e. The topological polar surface area (TPSA) is 59.6 Å². The van der Waals surface area contributed by atoms with Crippen LogP contribution in [0.5, 0.6) is 11.5 Å². The summed E-state index contributed by atoms with van der Waals surface area (Å²) in [6.45, 7) is 4.62. The number of benzene rings is 2. The third kappa shape index (κ3) is 4.66. The molecule has 1 aliphatic rings. The summed E-state index contributed by atoms with van der Waals surface area (Å²) >= 11 is 3.44. The minimum atomic E-state index is -0.184. The van der Waals surface area contributed by atoms with Gasteiger partial charge in [-0.05, 0) is 46.2 Å². The van der Waals surface area contributed by atoms with Gasteiger partial charge in [0.15, 0.2) is 11.5 Å². The van der Waals surface area contributed by atoms with Crippen LogP contribution >= 0.6 is 28.3 Å². The Balaban J connectivity index is 0.00000225. The molecule has 5 nitrogen and oxygen atoms in total. The summed E-state index contributed by atoms with van der Waals surface area (Å²) in [4.78, 5) is 12.6. The zero-order valence-corrected chi connectivity index (χ0v) is 16.2. The van der Waals surface area contributed by atoms with Crippen molar-refractivity contribution in [2.45, 2.75) is 13.5 Å². The lowest BCUT2D eigenvalue weighted by atomic mass is 10.1. The molecule has 25 heavy (non-hydrogen) atoms. The number of halogens is 2. The Morgan fingerprint density at radius 3 is 2.76 bits per heavy atom. The van der Waals surface area contributed by atoms with Gasteiger partial charge in [0.1, 0.15) is 13.2 Å². The zero-order valence-electron chi connectivity index (χ0n) is 13.8.